The third-order valence-electron chi connectivity index (χ3n) is 1.43. The Balaban J connectivity index is 2.74. The molecule has 0 heterocycles. The third kappa shape index (κ3) is 2.68. The van der Waals surface area contributed by atoms with E-state index in [1.807, 2.05) is 0 Å². The first kappa shape index (κ1) is 9.86. The molecule has 0 bridgehead atoms. The van der Waals surface area contributed by atoms with Crippen LogP contribution in [0.1, 0.15) is 0 Å². The standard InChI is InChI=1S/C9H8N2O3/c10-6-11-7-3-1-2-4-8(7)14-5-9(12)13/h1-4,11H,5H2,(H,12,13). The van der Waals surface area contributed by atoms with Crippen molar-refractivity contribution < 1.29 is 14.6 Å². The zero-order valence-electron chi connectivity index (χ0n) is 7.23. The molecule has 1 aromatic rings. The van der Waals surface area contributed by atoms with E-state index < -0.39 is 12.6 Å². The molecule has 0 aliphatic rings. The number of benzene rings is 1. The van der Waals surface area contributed by atoms with Crippen LogP contribution in [0.5, 0.6) is 5.75 Å². The molecule has 2 N–H and O–H groups in total. The number of anilines is 1. The van der Waals surface area contributed by atoms with Crippen LogP contribution in [-0.4, -0.2) is 17.7 Å². The van der Waals surface area contributed by atoms with Gasteiger partial charge in [0.25, 0.3) is 0 Å². The predicted octanol–water partition coefficient (Wildman–Crippen LogP) is 1.04. The molecule has 14 heavy (non-hydrogen) atoms. The summed E-state index contributed by atoms with van der Waals surface area (Å²) in [6.45, 7) is -0.426. The normalized spacial score (nSPS) is 8.79. The minimum absolute atomic E-state index is 0.344. The lowest BCUT2D eigenvalue weighted by Crippen LogP contribution is -2.10. The SMILES string of the molecule is N#CNc1ccccc1OCC(=O)O. The van der Waals surface area contributed by atoms with E-state index in [0.29, 0.717) is 11.4 Å². The predicted molar refractivity (Wildman–Crippen MR) is 48.8 cm³/mol. The highest BCUT2D eigenvalue weighted by Gasteiger charge is 2.03. The largest absolute Gasteiger partial charge is 0.480 e. The summed E-state index contributed by atoms with van der Waals surface area (Å²) >= 11 is 0. The fourth-order valence-corrected chi connectivity index (χ4v) is 0.895. The van der Waals surface area contributed by atoms with Gasteiger partial charge in [-0.05, 0) is 12.1 Å². The first-order valence-electron chi connectivity index (χ1n) is 3.83. The van der Waals surface area contributed by atoms with Gasteiger partial charge in [0.2, 0.25) is 0 Å². The molecular weight excluding hydrogens is 184 g/mol. The lowest BCUT2D eigenvalue weighted by molar-refractivity contribution is -0.139. The van der Waals surface area contributed by atoms with Crippen LogP contribution in [0.15, 0.2) is 24.3 Å². The molecular formula is C9H8N2O3. The Bertz CT molecular complexity index is 371. The number of carbonyl (C=O) groups is 1. The number of rotatable bonds is 4. The number of nitriles is 1. The van der Waals surface area contributed by atoms with Crippen LogP contribution in [0, 0.1) is 11.5 Å². The zero-order chi connectivity index (χ0) is 10.4. The summed E-state index contributed by atoms with van der Waals surface area (Å²) in [5.74, 6) is -0.715. The molecule has 0 amide bonds. The van der Waals surface area contributed by atoms with Crippen molar-refractivity contribution in [2.75, 3.05) is 11.9 Å². The number of carboxylic acid groups (broad SMARTS) is 1. The minimum Gasteiger partial charge on any atom is -0.480 e. The van der Waals surface area contributed by atoms with Gasteiger partial charge in [0, 0.05) is 0 Å². The van der Waals surface area contributed by atoms with E-state index in [1.165, 1.54) is 0 Å². The van der Waals surface area contributed by atoms with Gasteiger partial charge in [-0.3, -0.25) is 5.32 Å². The summed E-state index contributed by atoms with van der Waals surface area (Å²) < 4.78 is 4.94. The smallest absolute Gasteiger partial charge is 0.341 e. The van der Waals surface area contributed by atoms with Crippen LogP contribution in [-0.2, 0) is 4.79 Å². The lowest BCUT2D eigenvalue weighted by Gasteiger charge is -2.06. The van der Waals surface area contributed by atoms with Crippen LogP contribution in [0.3, 0.4) is 0 Å². The van der Waals surface area contributed by atoms with Crippen LogP contribution in [0.2, 0.25) is 0 Å². The van der Waals surface area contributed by atoms with Gasteiger partial charge in [-0.15, -0.1) is 0 Å². The molecule has 0 aromatic heterocycles. The summed E-state index contributed by atoms with van der Waals surface area (Å²) in [7, 11) is 0. The monoisotopic (exact) mass is 192 g/mol. The summed E-state index contributed by atoms with van der Waals surface area (Å²) in [5.41, 5.74) is 0.455. The highest BCUT2D eigenvalue weighted by molar-refractivity contribution is 5.69. The molecule has 0 atom stereocenters. The van der Waals surface area contributed by atoms with Gasteiger partial charge in [0.05, 0.1) is 5.69 Å². The van der Waals surface area contributed by atoms with Crippen molar-refractivity contribution in [3.63, 3.8) is 0 Å². The molecule has 5 nitrogen and oxygen atoms in total. The molecule has 0 aliphatic heterocycles. The first-order chi connectivity index (χ1) is 6.74. The average Bonchev–Trinajstić information content (AvgIpc) is 2.17. The van der Waals surface area contributed by atoms with E-state index in [9.17, 15) is 4.79 Å². The van der Waals surface area contributed by atoms with Crippen LogP contribution >= 0.6 is 0 Å². The molecule has 0 fully saturated rings. The van der Waals surface area contributed by atoms with Crippen LogP contribution in [0.4, 0.5) is 5.69 Å². The molecule has 0 radical (unpaired) electrons. The summed E-state index contributed by atoms with van der Waals surface area (Å²) in [4.78, 5) is 10.2. The zero-order valence-corrected chi connectivity index (χ0v) is 7.23. The summed E-state index contributed by atoms with van der Waals surface area (Å²) in [5, 5.41) is 19.2. The van der Waals surface area contributed by atoms with Gasteiger partial charge in [-0.1, -0.05) is 12.1 Å². The van der Waals surface area contributed by atoms with E-state index in [-0.39, 0.29) is 0 Å². The molecule has 72 valence electrons. The van der Waals surface area contributed by atoms with Crippen molar-refractivity contribution in [2.24, 2.45) is 0 Å². The number of para-hydroxylation sites is 2. The van der Waals surface area contributed by atoms with Crippen LogP contribution < -0.4 is 10.1 Å². The number of hydrogen-bond acceptors (Lipinski definition) is 4. The van der Waals surface area contributed by atoms with Gasteiger partial charge < -0.3 is 9.84 Å². The number of carboxylic acids is 1. The van der Waals surface area contributed by atoms with Gasteiger partial charge in [-0.2, -0.15) is 5.26 Å². The Kier molecular flexibility index (Phi) is 3.33. The van der Waals surface area contributed by atoms with Crippen molar-refractivity contribution in [2.45, 2.75) is 0 Å². The third-order valence-corrected chi connectivity index (χ3v) is 1.43. The maximum absolute atomic E-state index is 10.2. The lowest BCUT2D eigenvalue weighted by atomic mass is 10.3. The molecule has 1 aromatic carbocycles. The Morgan fingerprint density at radius 2 is 2.29 bits per heavy atom. The molecule has 0 aliphatic carbocycles. The fourth-order valence-electron chi connectivity index (χ4n) is 0.895. The second-order valence-corrected chi connectivity index (χ2v) is 2.42. The molecule has 5 heteroatoms. The quantitative estimate of drug-likeness (QED) is 0.550. The number of aliphatic carboxylic acids is 1. The van der Waals surface area contributed by atoms with Crippen LogP contribution in [0.25, 0.3) is 0 Å². The average molecular weight is 192 g/mol. The number of nitrogens with one attached hydrogen (secondary N) is 1. The number of hydrogen-bond donors (Lipinski definition) is 2. The molecule has 0 spiro atoms. The summed E-state index contributed by atoms with van der Waals surface area (Å²) in [6.07, 6.45) is 1.73. The Hall–Kier alpha value is -2.22. The van der Waals surface area contributed by atoms with Crippen molar-refractivity contribution in [1.29, 1.82) is 5.26 Å². The van der Waals surface area contributed by atoms with Gasteiger partial charge in [0.1, 0.15) is 5.75 Å². The van der Waals surface area contributed by atoms with E-state index in [0.717, 1.165) is 0 Å². The van der Waals surface area contributed by atoms with Crippen molar-refractivity contribution >= 4 is 11.7 Å². The molecule has 0 unspecified atom stereocenters. The van der Waals surface area contributed by atoms with E-state index in [2.05, 4.69) is 5.32 Å². The first-order valence-corrected chi connectivity index (χ1v) is 3.83. The molecule has 0 saturated heterocycles. The Labute approximate surface area is 80.5 Å². The van der Waals surface area contributed by atoms with Crippen molar-refractivity contribution in [1.82, 2.24) is 0 Å². The maximum Gasteiger partial charge on any atom is 0.341 e. The van der Waals surface area contributed by atoms with E-state index >= 15 is 0 Å². The van der Waals surface area contributed by atoms with Gasteiger partial charge >= 0.3 is 5.97 Å². The number of ether oxygens (including phenoxy) is 1. The topological polar surface area (TPSA) is 82.3 Å². The number of nitrogens with zero attached hydrogens (tertiary/aromatic N) is 1. The fraction of sp³-hybridized carbons (Fsp3) is 0.111. The second-order valence-electron chi connectivity index (χ2n) is 2.42. The highest BCUT2D eigenvalue weighted by Crippen LogP contribution is 2.22. The van der Waals surface area contributed by atoms with Gasteiger partial charge in [-0.25, -0.2) is 4.79 Å². The summed E-state index contributed by atoms with van der Waals surface area (Å²) in [6, 6.07) is 6.62. The van der Waals surface area contributed by atoms with Crippen molar-refractivity contribution in [3.05, 3.63) is 24.3 Å². The van der Waals surface area contributed by atoms with E-state index in [1.54, 1.807) is 30.5 Å². The minimum atomic E-state index is -1.06. The second kappa shape index (κ2) is 4.72. The highest BCUT2D eigenvalue weighted by atomic mass is 16.5. The maximum atomic E-state index is 10.2. The van der Waals surface area contributed by atoms with E-state index in [4.69, 9.17) is 15.1 Å². The molecule has 0 saturated carbocycles. The molecule has 1 rings (SSSR count). The van der Waals surface area contributed by atoms with Crippen molar-refractivity contribution in [3.8, 4) is 11.9 Å². The Morgan fingerprint density at radius 3 is 2.93 bits per heavy atom. The van der Waals surface area contributed by atoms with Gasteiger partial charge in [0.15, 0.2) is 12.8 Å². The Morgan fingerprint density at radius 1 is 1.57 bits per heavy atom.